The standard InChI is InChI=1S/C18H18ClNO4S2/c19-15-7-3-2-6-13(15)12-14(18(21)22)16-8-9-17(25-16)26(23,24)20-10-4-1-5-11-20/h2-3,6-9,12H,1,4-5,10-11H2,(H,21,22). The summed E-state index contributed by atoms with van der Waals surface area (Å²) in [6, 6.07) is 9.93. The Balaban J connectivity index is 1.96. The third-order valence-electron chi connectivity index (χ3n) is 4.19. The number of benzene rings is 1. The van der Waals surface area contributed by atoms with Crippen molar-refractivity contribution in [3.05, 3.63) is 51.9 Å². The first kappa shape index (κ1) is 19.1. The average Bonchev–Trinajstić information content (AvgIpc) is 3.12. The van der Waals surface area contributed by atoms with E-state index >= 15 is 0 Å². The molecule has 1 aromatic heterocycles. The fourth-order valence-electron chi connectivity index (χ4n) is 2.82. The van der Waals surface area contributed by atoms with Gasteiger partial charge in [-0.3, -0.25) is 0 Å². The molecule has 2 heterocycles. The monoisotopic (exact) mass is 411 g/mol. The Hall–Kier alpha value is -1.67. The van der Waals surface area contributed by atoms with Crippen LogP contribution in [0.2, 0.25) is 5.02 Å². The van der Waals surface area contributed by atoms with Crippen molar-refractivity contribution < 1.29 is 18.3 Å². The van der Waals surface area contributed by atoms with Crippen LogP contribution in [0.3, 0.4) is 0 Å². The number of carbonyl (C=O) groups is 1. The Morgan fingerprint density at radius 1 is 1.12 bits per heavy atom. The van der Waals surface area contributed by atoms with Crippen LogP contribution in [0.15, 0.2) is 40.6 Å². The number of hydrogen-bond acceptors (Lipinski definition) is 4. The van der Waals surface area contributed by atoms with Crippen LogP contribution in [-0.2, 0) is 14.8 Å². The molecular formula is C18H18ClNO4S2. The first-order valence-electron chi connectivity index (χ1n) is 8.19. The molecule has 5 nitrogen and oxygen atoms in total. The van der Waals surface area contributed by atoms with E-state index in [1.807, 2.05) is 0 Å². The van der Waals surface area contributed by atoms with Crippen LogP contribution < -0.4 is 0 Å². The van der Waals surface area contributed by atoms with Crippen LogP contribution in [0, 0.1) is 0 Å². The molecule has 0 bridgehead atoms. The summed E-state index contributed by atoms with van der Waals surface area (Å²) in [4.78, 5) is 12.1. The second kappa shape index (κ2) is 7.92. The number of carboxylic acid groups (broad SMARTS) is 1. The molecule has 0 saturated carbocycles. The van der Waals surface area contributed by atoms with E-state index in [-0.39, 0.29) is 9.78 Å². The summed E-state index contributed by atoms with van der Waals surface area (Å²) < 4.78 is 27.2. The van der Waals surface area contributed by atoms with Gasteiger partial charge in [-0.25, -0.2) is 13.2 Å². The van der Waals surface area contributed by atoms with Gasteiger partial charge < -0.3 is 5.11 Å². The Morgan fingerprint density at radius 3 is 2.46 bits per heavy atom. The topological polar surface area (TPSA) is 74.7 Å². The van der Waals surface area contributed by atoms with Crippen molar-refractivity contribution in [2.45, 2.75) is 23.5 Å². The molecule has 1 saturated heterocycles. The van der Waals surface area contributed by atoms with Gasteiger partial charge in [0.25, 0.3) is 10.0 Å². The van der Waals surface area contributed by atoms with Gasteiger partial charge in [0.2, 0.25) is 0 Å². The number of halogens is 1. The van der Waals surface area contributed by atoms with Crippen molar-refractivity contribution in [2.75, 3.05) is 13.1 Å². The van der Waals surface area contributed by atoms with Crippen molar-refractivity contribution in [3.8, 4) is 0 Å². The van der Waals surface area contributed by atoms with E-state index in [1.54, 1.807) is 24.3 Å². The Bertz CT molecular complexity index is 944. The minimum Gasteiger partial charge on any atom is -0.478 e. The van der Waals surface area contributed by atoms with Gasteiger partial charge >= 0.3 is 5.97 Å². The molecule has 1 fully saturated rings. The molecule has 0 atom stereocenters. The highest BCUT2D eigenvalue weighted by Gasteiger charge is 2.28. The molecule has 0 aliphatic carbocycles. The summed E-state index contributed by atoms with van der Waals surface area (Å²) in [5.41, 5.74) is 0.587. The van der Waals surface area contributed by atoms with Crippen LogP contribution in [0.4, 0.5) is 0 Å². The molecule has 0 amide bonds. The number of hydrogen-bond donors (Lipinski definition) is 1. The van der Waals surface area contributed by atoms with Crippen LogP contribution >= 0.6 is 22.9 Å². The first-order valence-corrected chi connectivity index (χ1v) is 10.8. The number of carboxylic acids is 1. The Morgan fingerprint density at radius 2 is 1.81 bits per heavy atom. The van der Waals surface area contributed by atoms with Crippen LogP contribution in [-0.4, -0.2) is 36.9 Å². The van der Waals surface area contributed by atoms with Crippen LogP contribution in [0.25, 0.3) is 11.6 Å². The molecule has 0 unspecified atom stereocenters. The van der Waals surface area contributed by atoms with Crippen molar-refractivity contribution in [3.63, 3.8) is 0 Å². The van der Waals surface area contributed by atoms with Crippen LogP contribution in [0.5, 0.6) is 0 Å². The Kier molecular flexibility index (Phi) is 5.82. The summed E-state index contributed by atoms with van der Waals surface area (Å²) >= 11 is 7.08. The van der Waals surface area contributed by atoms with Crippen molar-refractivity contribution in [1.29, 1.82) is 0 Å². The average molecular weight is 412 g/mol. The molecular weight excluding hydrogens is 394 g/mol. The molecule has 26 heavy (non-hydrogen) atoms. The molecule has 1 aliphatic heterocycles. The van der Waals surface area contributed by atoms with E-state index in [9.17, 15) is 18.3 Å². The molecule has 1 aliphatic rings. The van der Waals surface area contributed by atoms with Gasteiger partial charge in [-0.1, -0.05) is 36.2 Å². The molecule has 0 radical (unpaired) electrons. The van der Waals surface area contributed by atoms with E-state index < -0.39 is 16.0 Å². The number of nitrogens with zero attached hydrogens (tertiary/aromatic N) is 1. The molecule has 1 aromatic carbocycles. The van der Waals surface area contributed by atoms with Crippen molar-refractivity contribution in [1.82, 2.24) is 4.31 Å². The number of aliphatic carboxylic acids is 1. The van der Waals surface area contributed by atoms with Gasteiger partial charge in [-0.15, -0.1) is 11.3 Å². The zero-order valence-corrected chi connectivity index (χ0v) is 16.3. The molecule has 2 aromatic rings. The first-order chi connectivity index (χ1) is 12.4. The lowest BCUT2D eigenvalue weighted by Gasteiger charge is -2.25. The van der Waals surface area contributed by atoms with Crippen molar-refractivity contribution >= 4 is 50.6 Å². The largest absolute Gasteiger partial charge is 0.478 e. The van der Waals surface area contributed by atoms with Gasteiger partial charge in [-0.05, 0) is 42.7 Å². The predicted molar refractivity (Wildman–Crippen MR) is 104 cm³/mol. The summed E-state index contributed by atoms with van der Waals surface area (Å²) in [5.74, 6) is -1.13. The van der Waals surface area contributed by atoms with Crippen LogP contribution in [0.1, 0.15) is 29.7 Å². The molecule has 138 valence electrons. The third-order valence-corrected chi connectivity index (χ3v) is 8.02. The summed E-state index contributed by atoms with van der Waals surface area (Å²) in [5, 5.41) is 10.0. The number of rotatable bonds is 5. The van der Waals surface area contributed by atoms with Gasteiger partial charge in [0.15, 0.2) is 0 Å². The number of piperidine rings is 1. The smallest absolute Gasteiger partial charge is 0.337 e. The number of sulfonamides is 1. The van der Waals surface area contributed by atoms with Gasteiger partial charge in [0.05, 0.1) is 5.57 Å². The zero-order chi connectivity index (χ0) is 18.7. The highest BCUT2D eigenvalue weighted by atomic mass is 35.5. The van der Waals surface area contributed by atoms with Gasteiger partial charge in [0, 0.05) is 23.0 Å². The summed E-state index contributed by atoms with van der Waals surface area (Å²) in [6.07, 6.45) is 4.20. The maximum absolute atomic E-state index is 12.8. The lowest BCUT2D eigenvalue weighted by atomic mass is 10.1. The molecule has 0 spiro atoms. The molecule has 8 heteroatoms. The van der Waals surface area contributed by atoms with E-state index in [4.69, 9.17) is 11.6 Å². The van der Waals surface area contributed by atoms with E-state index in [2.05, 4.69) is 0 Å². The van der Waals surface area contributed by atoms with E-state index in [1.165, 1.54) is 22.5 Å². The lowest BCUT2D eigenvalue weighted by Crippen LogP contribution is -2.35. The van der Waals surface area contributed by atoms with Crippen molar-refractivity contribution in [2.24, 2.45) is 0 Å². The summed E-state index contributed by atoms with van der Waals surface area (Å²) in [7, 11) is -3.58. The summed E-state index contributed by atoms with van der Waals surface area (Å²) in [6.45, 7) is 1.02. The minimum atomic E-state index is -3.58. The molecule has 3 rings (SSSR count). The fourth-order valence-corrected chi connectivity index (χ4v) is 6.00. The predicted octanol–water partition coefficient (Wildman–Crippen LogP) is 4.20. The second-order valence-corrected chi connectivity index (χ2v) is 9.62. The highest BCUT2D eigenvalue weighted by molar-refractivity contribution is 7.91. The maximum Gasteiger partial charge on any atom is 0.337 e. The zero-order valence-electron chi connectivity index (χ0n) is 13.9. The minimum absolute atomic E-state index is 0.0168. The van der Waals surface area contributed by atoms with E-state index in [0.29, 0.717) is 28.6 Å². The third kappa shape index (κ3) is 4.01. The SMILES string of the molecule is O=C(O)C(=Cc1ccccc1Cl)c1ccc(S(=O)(=O)N2CCCCC2)s1. The number of thiophene rings is 1. The lowest BCUT2D eigenvalue weighted by molar-refractivity contribution is -0.130. The Labute approximate surface area is 161 Å². The highest BCUT2D eigenvalue weighted by Crippen LogP contribution is 2.32. The second-order valence-electron chi connectivity index (χ2n) is 5.97. The normalized spacial score (nSPS) is 16.6. The van der Waals surface area contributed by atoms with E-state index in [0.717, 1.165) is 30.6 Å². The fraction of sp³-hybridized carbons (Fsp3) is 0.278. The maximum atomic E-state index is 12.8. The molecule has 1 N–H and O–H groups in total. The quantitative estimate of drug-likeness (QED) is 0.748. The van der Waals surface area contributed by atoms with Gasteiger partial charge in [-0.2, -0.15) is 4.31 Å². The van der Waals surface area contributed by atoms with Gasteiger partial charge in [0.1, 0.15) is 4.21 Å².